The average molecular weight is 747 g/mol. The fourth-order valence-electron chi connectivity index (χ4n) is 7.65. The minimum atomic E-state index is -3.29. The molecule has 0 aromatic heterocycles. The molecule has 0 aliphatic heterocycles. The van der Waals surface area contributed by atoms with Crippen LogP contribution in [0.5, 0.6) is 0 Å². The van der Waals surface area contributed by atoms with Crippen molar-refractivity contribution in [2.75, 3.05) is 26.3 Å². The van der Waals surface area contributed by atoms with Crippen molar-refractivity contribution in [3.8, 4) is 22.3 Å². The first-order chi connectivity index (χ1) is 25.8. The number of carboxylic acid groups (broad SMARTS) is 2. The normalized spacial score (nSPS) is 21.9. The molecule has 8 rings (SSSR count). The number of amides is 2. The van der Waals surface area contributed by atoms with E-state index in [4.69, 9.17) is 19.7 Å². The number of fused-ring (bicyclic) bond motifs is 6. The molecule has 14 heteroatoms. The Morgan fingerprint density at radius 1 is 0.519 bits per heavy atom. The van der Waals surface area contributed by atoms with Crippen molar-refractivity contribution in [3.05, 3.63) is 119 Å². The lowest BCUT2D eigenvalue weighted by Crippen LogP contribution is -2.29. The molecular weight excluding hydrogens is 712 g/mol. The number of benzene rings is 4. The Morgan fingerprint density at radius 2 is 0.796 bits per heavy atom. The highest BCUT2D eigenvalue weighted by molar-refractivity contribution is 5.81. The van der Waals surface area contributed by atoms with E-state index in [1.165, 1.54) is 0 Å². The van der Waals surface area contributed by atoms with Gasteiger partial charge in [-0.25, -0.2) is 27.2 Å². The Bertz CT molecular complexity index is 1890. The number of halogens is 4. The third-order valence-corrected chi connectivity index (χ3v) is 10.6. The van der Waals surface area contributed by atoms with Gasteiger partial charge in [0.25, 0.3) is 11.8 Å². The molecule has 2 fully saturated rings. The van der Waals surface area contributed by atoms with E-state index in [1.54, 1.807) is 0 Å². The zero-order valence-electron chi connectivity index (χ0n) is 28.4. The number of hydrogen-bond donors (Lipinski definition) is 4. The molecule has 0 bridgehead atoms. The van der Waals surface area contributed by atoms with Gasteiger partial charge < -0.3 is 30.3 Å². The van der Waals surface area contributed by atoms with E-state index in [1.807, 2.05) is 97.1 Å². The van der Waals surface area contributed by atoms with Crippen LogP contribution in [0.4, 0.5) is 27.2 Å². The number of carboxylic acids is 2. The topological polar surface area (TPSA) is 151 Å². The first-order valence-corrected chi connectivity index (χ1v) is 17.2. The lowest BCUT2D eigenvalue weighted by Gasteiger charge is -2.14. The third kappa shape index (κ3) is 6.72. The molecule has 4 N–H and O–H groups in total. The van der Waals surface area contributed by atoms with Crippen molar-refractivity contribution in [2.24, 2.45) is 23.7 Å². The standard InChI is InChI=1S/2C20H17F2NO4/c2*21-20(22)16(17(20)18(24)25)9-23-19(26)27-10-15-13-7-3-1-5-11(13)12-6-2-4-8-14(12)15/h2*1-8,15-17H,9-10H2,(H,23,26)(H,24,25)/t2*16-,17-/m10/s1. The number of carbonyl (C=O) groups is 4. The van der Waals surface area contributed by atoms with Gasteiger partial charge in [0.05, 0.1) is 11.8 Å². The summed E-state index contributed by atoms with van der Waals surface area (Å²) < 4.78 is 63.9. The minimum Gasteiger partial charge on any atom is -0.481 e. The number of alkyl halides is 4. The average Bonchev–Trinajstić information content (AvgIpc) is 3.77. The maximum atomic E-state index is 13.4. The van der Waals surface area contributed by atoms with Gasteiger partial charge in [0.2, 0.25) is 0 Å². The van der Waals surface area contributed by atoms with Gasteiger partial charge in [-0.1, -0.05) is 97.1 Å². The van der Waals surface area contributed by atoms with E-state index in [9.17, 15) is 36.7 Å². The highest BCUT2D eigenvalue weighted by atomic mass is 19.3. The van der Waals surface area contributed by atoms with E-state index in [0.29, 0.717) is 0 Å². The highest BCUT2D eigenvalue weighted by Crippen LogP contribution is 2.56. The fourth-order valence-corrected chi connectivity index (χ4v) is 7.65. The van der Waals surface area contributed by atoms with Gasteiger partial charge in [-0.15, -0.1) is 0 Å². The summed E-state index contributed by atoms with van der Waals surface area (Å²) in [6.07, 6.45) is -1.66. The zero-order valence-corrected chi connectivity index (χ0v) is 28.4. The Labute approximate surface area is 306 Å². The van der Waals surface area contributed by atoms with E-state index in [2.05, 4.69) is 10.6 Å². The van der Waals surface area contributed by atoms with E-state index in [-0.39, 0.29) is 25.0 Å². The molecule has 4 aliphatic carbocycles. The summed E-state index contributed by atoms with van der Waals surface area (Å²) >= 11 is 0. The van der Waals surface area contributed by atoms with Gasteiger partial charge in [0.1, 0.15) is 25.0 Å². The number of nitrogens with one attached hydrogen (secondary N) is 2. The van der Waals surface area contributed by atoms with E-state index in [0.717, 1.165) is 44.5 Å². The molecule has 2 amide bonds. The Kier molecular flexibility index (Phi) is 9.54. The van der Waals surface area contributed by atoms with Crippen LogP contribution in [0.15, 0.2) is 97.1 Å². The van der Waals surface area contributed by atoms with E-state index < -0.39 is 72.7 Å². The summed E-state index contributed by atoms with van der Waals surface area (Å²) in [7, 11) is 0. The van der Waals surface area contributed by atoms with Crippen LogP contribution in [0.1, 0.15) is 34.1 Å². The second-order valence-electron chi connectivity index (χ2n) is 13.6. The van der Waals surface area contributed by atoms with Crippen LogP contribution in [0.25, 0.3) is 22.3 Å². The molecule has 4 aromatic rings. The minimum absolute atomic E-state index is 0.0727. The molecule has 2 saturated carbocycles. The van der Waals surface area contributed by atoms with Crippen LogP contribution >= 0.6 is 0 Å². The van der Waals surface area contributed by atoms with Crippen molar-refractivity contribution in [2.45, 2.75) is 23.7 Å². The van der Waals surface area contributed by atoms with Crippen LogP contribution in [0, 0.1) is 23.7 Å². The summed E-state index contributed by atoms with van der Waals surface area (Å²) in [4.78, 5) is 45.3. The number of ether oxygens (including phenoxy) is 2. The summed E-state index contributed by atoms with van der Waals surface area (Å²) in [6, 6.07) is 31.4. The SMILES string of the molecule is O=C(NC[C@@H]1[C@H](C(=O)O)C1(F)F)OCC1c2ccccc2-c2ccccc21.O=C(NC[C@H]1[C@@H](C(=O)O)C1(F)F)OCC1c2ccccc2-c2ccccc21. The Morgan fingerprint density at radius 3 is 1.06 bits per heavy atom. The van der Waals surface area contributed by atoms with Crippen molar-refractivity contribution in [1.29, 1.82) is 0 Å². The first-order valence-electron chi connectivity index (χ1n) is 17.2. The van der Waals surface area contributed by atoms with Gasteiger partial charge in [0, 0.05) is 24.9 Å². The van der Waals surface area contributed by atoms with Crippen molar-refractivity contribution in [3.63, 3.8) is 0 Å². The number of hydrogen-bond acceptors (Lipinski definition) is 6. The second kappa shape index (κ2) is 14.1. The van der Waals surface area contributed by atoms with Crippen molar-refractivity contribution >= 4 is 24.1 Å². The lowest BCUT2D eigenvalue weighted by atomic mass is 9.98. The predicted octanol–water partition coefficient (Wildman–Crippen LogP) is 6.98. The van der Waals surface area contributed by atoms with Crippen LogP contribution in [-0.2, 0) is 19.1 Å². The summed E-state index contributed by atoms with van der Waals surface area (Å²) in [5.41, 5.74) is 8.54. The highest BCUT2D eigenvalue weighted by Gasteiger charge is 2.73. The molecule has 0 unspecified atom stereocenters. The molecule has 4 atom stereocenters. The van der Waals surface area contributed by atoms with Gasteiger partial charge in [-0.3, -0.25) is 9.59 Å². The van der Waals surface area contributed by atoms with Gasteiger partial charge >= 0.3 is 24.1 Å². The van der Waals surface area contributed by atoms with E-state index >= 15 is 0 Å². The number of rotatable bonds is 10. The number of carbonyl (C=O) groups excluding carboxylic acids is 2. The molecule has 280 valence electrons. The molecular formula is C40H34F4N2O8. The maximum Gasteiger partial charge on any atom is 0.407 e. The zero-order chi connectivity index (χ0) is 38.4. The number of aliphatic carboxylic acids is 2. The molecule has 0 spiro atoms. The van der Waals surface area contributed by atoms with Gasteiger partial charge in [0.15, 0.2) is 0 Å². The predicted molar refractivity (Wildman–Crippen MR) is 185 cm³/mol. The quantitative estimate of drug-likeness (QED) is 0.127. The van der Waals surface area contributed by atoms with Crippen LogP contribution in [-0.4, -0.2) is 72.5 Å². The Hall–Kier alpha value is -5.92. The molecule has 4 aliphatic rings. The summed E-state index contributed by atoms with van der Waals surface area (Å²) in [5, 5.41) is 22.0. The second-order valence-corrected chi connectivity index (χ2v) is 13.6. The summed E-state index contributed by atoms with van der Waals surface area (Å²) in [6.45, 7) is -0.714. The first kappa shape index (κ1) is 36.4. The van der Waals surface area contributed by atoms with Crippen LogP contribution in [0.3, 0.4) is 0 Å². The third-order valence-electron chi connectivity index (χ3n) is 10.6. The summed E-state index contributed by atoms with van der Waals surface area (Å²) in [5.74, 6) is -16.2. The Balaban J connectivity index is 0.000000167. The smallest absolute Gasteiger partial charge is 0.407 e. The van der Waals surface area contributed by atoms with Crippen LogP contribution < -0.4 is 10.6 Å². The van der Waals surface area contributed by atoms with Crippen molar-refractivity contribution < 1.29 is 56.4 Å². The lowest BCUT2D eigenvalue weighted by molar-refractivity contribution is -0.142. The molecule has 0 saturated heterocycles. The molecule has 0 heterocycles. The van der Waals surface area contributed by atoms with Gasteiger partial charge in [-0.05, 0) is 44.5 Å². The fraction of sp³-hybridized carbons (Fsp3) is 0.300. The maximum absolute atomic E-state index is 13.4. The molecule has 0 radical (unpaired) electrons. The molecule has 4 aromatic carbocycles. The van der Waals surface area contributed by atoms with Gasteiger partial charge in [-0.2, -0.15) is 0 Å². The number of alkyl carbamates (subject to hydrolysis) is 2. The molecule has 10 nitrogen and oxygen atoms in total. The van der Waals surface area contributed by atoms with Crippen LogP contribution in [0.2, 0.25) is 0 Å². The largest absolute Gasteiger partial charge is 0.481 e. The van der Waals surface area contributed by atoms with Crippen molar-refractivity contribution in [1.82, 2.24) is 10.6 Å². The monoisotopic (exact) mass is 746 g/mol. The molecule has 54 heavy (non-hydrogen) atoms.